The van der Waals surface area contributed by atoms with Gasteiger partial charge in [-0.25, -0.2) is 9.79 Å². The van der Waals surface area contributed by atoms with Crippen molar-refractivity contribution >= 4 is 46.8 Å². The average Bonchev–Trinajstić information content (AvgIpc) is 3.20. The molecule has 0 radical (unpaired) electrons. The molecule has 0 aliphatic carbocycles. The van der Waals surface area contributed by atoms with Crippen LogP contribution in [0.4, 0.5) is 5.69 Å². The van der Waals surface area contributed by atoms with Crippen molar-refractivity contribution in [1.82, 2.24) is 0 Å². The maximum atomic E-state index is 12.4. The Labute approximate surface area is 210 Å². The van der Waals surface area contributed by atoms with Crippen molar-refractivity contribution in [3.63, 3.8) is 0 Å². The van der Waals surface area contributed by atoms with Crippen LogP contribution in [0.5, 0.6) is 11.5 Å². The summed E-state index contributed by atoms with van der Waals surface area (Å²) in [6.07, 6.45) is 1.53. The van der Waals surface area contributed by atoms with E-state index in [4.69, 9.17) is 37.4 Å². The molecule has 8 nitrogen and oxygen atoms in total. The van der Waals surface area contributed by atoms with Gasteiger partial charge in [-0.2, -0.15) is 0 Å². The summed E-state index contributed by atoms with van der Waals surface area (Å²) in [5.74, 6) is 0.308. The second kappa shape index (κ2) is 10.6. The van der Waals surface area contributed by atoms with Gasteiger partial charge in [-0.1, -0.05) is 41.4 Å². The Morgan fingerprint density at radius 3 is 2.51 bits per heavy atom. The zero-order chi connectivity index (χ0) is 24.9. The lowest BCUT2D eigenvalue weighted by molar-refractivity contribution is -0.384. The quantitative estimate of drug-likeness (QED) is 0.153. The number of benzene rings is 3. The van der Waals surface area contributed by atoms with Gasteiger partial charge < -0.3 is 14.2 Å². The highest BCUT2D eigenvalue weighted by atomic mass is 35.5. The van der Waals surface area contributed by atoms with Crippen LogP contribution in [0.2, 0.25) is 10.0 Å². The molecule has 4 rings (SSSR count). The summed E-state index contributed by atoms with van der Waals surface area (Å²) in [4.78, 5) is 27.1. The second-order valence-electron chi connectivity index (χ2n) is 7.31. The molecule has 0 aromatic heterocycles. The van der Waals surface area contributed by atoms with E-state index in [1.165, 1.54) is 24.3 Å². The zero-order valence-electron chi connectivity index (χ0n) is 18.4. The van der Waals surface area contributed by atoms with Crippen LogP contribution in [-0.4, -0.2) is 23.4 Å². The summed E-state index contributed by atoms with van der Waals surface area (Å²) < 4.78 is 16.8. The summed E-state index contributed by atoms with van der Waals surface area (Å²) >= 11 is 11.8. The minimum Gasteiger partial charge on any atom is -0.490 e. The highest BCUT2D eigenvalue weighted by molar-refractivity contribution is 6.32. The number of hydrogen-bond donors (Lipinski definition) is 0. The van der Waals surface area contributed by atoms with Crippen LogP contribution in [0.25, 0.3) is 6.08 Å². The van der Waals surface area contributed by atoms with Crippen LogP contribution in [0.15, 0.2) is 71.4 Å². The molecule has 35 heavy (non-hydrogen) atoms. The number of nitrogens with zero attached hydrogens (tertiary/aromatic N) is 2. The highest BCUT2D eigenvalue weighted by Crippen LogP contribution is 2.32. The molecular weight excluding hydrogens is 495 g/mol. The fraction of sp³-hybridized carbons (Fsp3) is 0.120. The molecule has 1 heterocycles. The molecule has 0 saturated heterocycles. The molecule has 3 aromatic carbocycles. The first kappa shape index (κ1) is 24.3. The SMILES string of the molecule is CCOc1cc(/C=C2\N=C(c3ccc(Cl)c([N+](=O)[O-])c3)OC2=O)ccc1OCc1ccc(Cl)cc1. The lowest BCUT2D eigenvalue weighted by Gasteiger charge is -2.13. The Balaban J connectivity index is 1.57. The lowest BCUT2D eigenvalue weighted by atomic mass is 10.1. The van der Waals surface area contributed by atoms with Crippen LogP contribution in [-0.2, 0) is 16.1 Å². The van der Waals surface area contributed by atoms with Crippen LogP contribution in [0.1, 0.15) is 23.6 Å². The summed E-state index contributed by atoms with van der Waals surface area (Å²) in [5.41, 5.74) is 1.57. The van der Waals surface area contributed by atoms with Crippen molar-refractivity contribution in [3.8, 4) is 11.5 Å². The third-order valence-corrected chi connectivity index (χ3v) is 5.46. The molecule has 3 aromatic rings. The second-order valence-corrected chi connectivity index (χ2v) is 8.16. The van der Waals surface area contributed by atoms with Gasteiger partial charge in [0.1, 0.15) is 11.6 Å². The molecule has 10 heteroatoms. The summed E-state index contributed by atoms with van der Waals surface area (Å²) in [7, 11) is 0. The average molecular weight is 513 g/mol. The Morgan fingerprint density at radius 2 is 1.80 bits per heavy atom. The van der Waals surface area contributed by atoms with E-state index in [-0.39, 0.29) is 27.9 Å². The van der Waals surface area contributed by atoms with Gasteiger partial charge >= 0.3 is 5.97 Å². The van der Waals surface area contributed by atoms with Crippen LogP contribution in [0.3, 0.4) is 0 Å². The van der Waals surface area contributed by atoms with Crippen molar-refractivity contribution in [2.75, 3.05) is 6.61 Å². The summed E-state index contributed by atoms with van der Waals surface area (Å²) in [6.45, 7) is 2.59. The number of hydrogen-bond acceptors (Lipinski definition) is 7. The summed E-state index contributed by atoms with van der Waals surface area (Å²) in [5, 5.41) is 11.8. The van der Waals surface area contributed by atoms with Crippen molar-refractivity contribution in [2.45, 2.75) is 13.5 Å². The standard InChI is InChI=1S/C25H18Cl2N2O6/c1-2-33-23-12-16(5-10-22(23)34-14-15-3-7-18(26)8-4-15)11-20-25(30)35-24(28-20)17-6-9-19(27)21(13-17)29(31)32/h3-13H,2,14H2,1H3/b20-11-. The number of nitro benzene ring substituents is 1. The molecule has 0 bridgehead atoms. The third-order valence-electron chi connectivity index (χ3n) is 4.89. The van der Waals surface area contributed by atoms with E-state index in [1.54, 1.807) is 30.3 Å². The van der Waals surface area contributed by atoms with Crippen molar-refractivity contribution in [2.24, 2.45) is 4.99 Å². The topological polar surface area (TPSA) is 100 Å². The van der Waals surface area contributed by atoms with Crippen LogP contribution in [0, 0.1) is 10.1 Å². The fourth-order valence-corrected chi connectivity index (χ4v) is 3.53. The van der Waals surface area contributed by atoms with E-state index in [2.05, 4.69) is 4.99 Å². The van der Waals surface area contributed by atoms with Gasteiger partial charge in [0.25, 0.3) is 5.69 Å². The largest absolute Gasteiger partial charge is 0.490 e. The first-order valence-corrected chi connectivity index (χ1v) is 11.2. The minimum atomic E-state index is -0.682. The van der Waals surface area contributed by atoms with E-state index >= 15 is 0 Å². The minimum absolute atomic E-state index is 0.0266. The molecule has 1 aliphatic rings. The van der Waals surface area contributed by atoms with Crippen molar-refractivity contribution in [3.05, 3.63) is 103 Å². The number of carbonyl (C=O) groups excluding carboxylic acids is 1. The van der Waals surface area contributed by atoms with Crippen molar-refractivity contribution < 1.29 is 23.9 Å². The molecule has 0 amide bonds. The summed E-state index contributed by atoms with van der Waals surface area (Å²) in [6, 6.07) is 16.6. The van der Waals surface area contributed by atoms with Gasteiger partial charge in [0.05, 0.1) is 11.5 Å². The zero-order valence-corrected chi connectivity index (χ0v) is 19.9. The molecule has 1 aliphatic heterocycles. The Hall–Kier alpha value is -3.88. The van der Waals surface area contributed by atoms with Gasteiger partial charge in [0, 0.05) is 16.7 Å². The maximum absolute atomic E-state index is 12.4. The van der Waals surface area contributed by atoms with Gasteiger partial charge in [0.15, 0.2) is 17.2 Å². The third kappa shape index (κ3) is 5.79. The number of esters is 1. The normalized spacial score (nSPS) is 14.0. The van der Waals surface area contributed by atoms with Gasteiger partial charge in [0.2, 0.25) is 5.90 Å². The Bertz CT molecular complexity index is 1350. The molecule has 0 atom stereocenters. The molecule has 0 saturated carbocycles. The number of cyclic esters (lactones) is 1. The van der Waals surface area contributed by atoms with Crippen LogP contribution < -0.4 is 9.47 Å². The van der Waals surface area contributed by atoms with E-state index in [0.717, 1.165) is 5.56 Å². The number of rotatable bonds is 8. The molecule has 0 fully saturated rings. The number of halogens is 2. The first-order valence-electron chi connectivity index (χ1n) is 10.4. The predicted octanol–water partition coefficient (Wildman–Crippen LogP) is 6.22. The Kier molecular flexibility index (Phi) is 7.33. The predicted molar refractivity (Wildman–Crippen MR) is 132 cm³/mol. The Morgan fingerprint density at radius 1 is 1.03 bits per heavy atom. The smallest absolute Gasteiger partial charge is 0.363 e. The van der Waals surface area contributed by atoms with Crippen molar-refractivity contribution in [1.29, 1.82) is 0 Å². The van der Waals surface area contributed by atoms with Gasteiger partial charge in [-0.05, 0) is 60.5 Å². The van der Waals surface area contributed by atoms with E-state index in [1.807, 2.05) is 19.1 Å². The molecule has 0 spiro atoms. The maximum Gasteiger partial charge on any atom is 0.363 e. The fourth-order valence-electron chi connectivity index (χ4n) is 3.22. The monoisotopic (exact) mass is 512 g/mol. The highest BCUT2D eigenvalue weighted by Gasteiger charge is 2.26. The van der Waals surface area contributed by atoms with E-state index in [0.29, 0.717) is 35.3 Å². The van der Waals surface area contributed by atoms with Gasteiger partial charge in [-0.3, -0.25) is 10.1 Å². The number of ether oxygens (including phenoxy) is 3. The molecule has 0 unspecified atom stereocenters. The first-order chi connectivity index (χ1) is 16.8. The van der Waals surface area contributed by atoms with E-state index in [9.17, 15) is 14.9 Å². The van der Waals surface area contributed by atoms with Gasteiger partial charge in [-0.15, -0.1) is 0 Å². The molecule has 178 valence electrons. The number of aliphatic imine (C=N–C) groups is 1. The van der Waals surface area contributed by atoms with Crippen LogP contribution >= 0.6 is 23.2 Å². The number of carbonyl (C=O) groups is 1. The lowest BCUT2D eigenvalue weighted by Crippen LogP contribution is -2.06. The van der Waals surface area contributed by atoms with E-state index < -0.39 is 10.9 Å². The number of nitro groups is 1. The molecule has 0 N–H and O–H groups in total. The molecular formula is C25H18Cl2N2O6.